The van der Waals surface area contributed by atoms with Crippen LogP contribution in [0.15, 0.2) is 28.8 Å². The van der Waals surface area contributed by atoms with Gasteiger partial charge in [0.15, 0.2) is 5.69 Å². The Kier molecular flexibility index (Phi) is 4.60. The molecule has 0 aliphatic carbocycles. The molecule has 0 saturated carbocycles. The third-order valence-electron chi connectivity index (χ3n) is 4.47. The van der Waals surface area contributed by atoms with Crippen LogP contribution in [0.25, 0.3) is 10.6 Å². The molecule has 1 saturated heterocycles. The molecule has 1 aliphatic rings. The predicted molar refractivity (Wildman–Crippen MR) is 97.1 cm³/mol. The quantitative estimate of drug-likeness (QED) is 0.718. The summed E-state index contributed by atoms with van der Waals surface area (Å²) in [6, 6.07) is 7.70. The molecule has 2 N–H and O–H groups in total. The van der Waals surface area contributed by atoms with Crippen molar-refractivity contribution in [2.24, 2.45) is 5.92 Å². The summed E-state index contributed by atoms with van der Waals surface area (Å²) in [4.78, 5) is 14.9. The van der Waals surface area contributed by atoms with Crippen LogP contribution >= 0.6 is 11.3 Å². The second kappa shape index (κ2) is 7.05. The van der Waals surface area contributed by atoms with Crippen molar-refractivity contribution >= 4 is 17.2 Å². The Labute approximate surface area is 154 Å². The number of hydrogen-bond donors (Lipinski definition) is 2. The number of hydrogen-bond acceptors (Lipinski definition) is 6. The van der Waals surface area contributed by atoms with Gasteiger partial charge in [-0.3, -0.25) is 9.89 Å². The van der Waals surface area contributed by atoms with Gasteiger partial charge >= 0.3 is 0 Å². The Morgan fingerprint density at radius 3 is 2.96 bits per heavy atom. The summed E-state index contributed by atoms with van der Waals surface area (Å²) in [5.74, 6) is 0.770. The molecule has 0 bridgehead atoms. The summed E-state index contributed by atoms with van der Waals surface area (Å²) in [6.07, 6.45) is 0.687. The van der Waals surface area contributed by atoms with Gasteiger partial charge in [0.1, 0.15) is 5.76 Å². The fraction of sp³-hybridized carbons (Fsp3) is 0.389. The minimum atomic E-state index is -0.199. The third-order valence-corrected chi connectivity index (χ3v) is 5.51. The van der Waals surface area contributed by atoms with Gasteiger partial charge in [-0.15, -0.1) is 11.3 Å². The Morgan fingerprint density at radius 2 is 2.23 bits per heavy atom. The average molecular weight is 372 g/mol. The molecule has 4 heterocycles. The van der Waals surface area contributed by atoms with E-state index in [1.165, 1.54) is 4.88 Å². The van der Waals surface area contributed by atoms with Crippen LogP contribution in [-0.4, -0.2) is 40.5 Å². The molecule has 1 fully saturated rings. The second-order valence-corrected chi connectivity index (χ2v) is 7.88. The highest BCUT2D eigenvalue weighted by Crippen LogP contribution is 2.26. The number of rotatable bonds is 5. The maximum absolute atomic E-state index is 12.6. The van der Waals surface area contributed by atoms with E-state index >= 15 is 0 Å². The number of aromatic nitrogens is 3. The first-order chi connectivity index (χ1) is 12.6. The molecule has 0 spiro atoms. The number of thiophene rings is 1. The van der Waals surface area contributed by atoms with Gasteiger partial charge in [-0.05, 0) is 32.0 Å². The first-order valence-electron chi connectivity index (χ1n) is 8.51. The highest BCUT2D eigenvalue weighted by molar-refractivity contribution is 7.15. The standard InChI is InChI=1S/C18H20N4O3S/c1-10-5-13(25-22-10)6-12-8-24-9-16(12)19-18(23)15-7-14(20-21-15)17-4-3-11(2)26-17/h3-5,7,12,16H,6,8-9H2,1-2H3,(H,19,23)(H,20,21)/t12-,16+/m1/s1. The van der Waals surface area contributed by atoms with E-state index in [4.69, 9.17) is 9.26 Å². The second-order valence-electron chi connectivity index (χ2n) is 6.59. The highest BCUT2D eigenvalue weighted by Gasteiger charge is 2.31. The van der Waals surface area contributed by atoms with Gasteiger partial charge in [-0.25, -0.2) is 0 Å². The van der Waals surface area contributed by atoms with E-state index in [1.807, 2.05) is 25.1 Å². The first kappa shape index (κ1) is 17.0. The summed E-state index contributed by atoms with van der Waals surface area (Å²) in [6.45, 7) is 5.02. The zero-order valence-electron chi connectivity index (χ0n) is 14.6. The molecular weight excluding hydrogens is 352 g/mol. The number of ether oxygens (including phenoxy) is 1. The van der Waals surface area contributed by atoms with Crippen LogP contribution in [0, 0.1) is 19.8 Å². The number of H-pyrrole nitrogens is 1. The van der Waals surface area contributed by atoms with Crippen LogP contribution < -0.4 is 5.32 Å². The van der Waals surface area contributed by atoms with E-state index in [2.05, 4.69) is 27.6 Å². The third kappa shape index (κ3) is 3.56. The van der Waals surface area contributed by atoms with Crippen LogP contribution in [0.2, 0.25) is 0 Å². The monoisotopic (exact) mass is 372 g/mol. The summed E-state index contributed by atoms with van der Waals surface area (Å²) < 4.78 is 10.8. The number of aromatic amines is 1. The van der Waals surface area contributed by atoms with Crippen molar-refractivity contribution in [2.45, 2.75) is 26.3 Å². The Hall–Kier alpha value is -2.45. The van der Waals surface area contributed by atoms with Gasteiger partial charge in [0.2, 0.25) is 0 Å². The van der Waals surface area contributed by atoms with Crippen LogP contribution in [0.1, 0.15) is 26.8 Å². The SMILES string of the molecule is Cc1cc(C[C@@H]2COC[C@@H]2NC(=O)c2cc(-c3ccc(C)s3)[nH]n2)on1. The molecule has 7 nitrogen and oxygen atoms in total. The molecule has 8 heteroatoms. The van der Waals surface area contributed by atoms with Gasteiger partial charge in [0.05, 0.1) is 35.5 Å². The van der Waals surface area contributed by atoms with Crippen molar-refractivity contribution in [3.05, 3.63) is 46.3 Å². The van der Waals surface area contributed by atoms with Crippen molar-refractivity contribution < 1.29 is 14.1 Å². The van der Waals surface area contributed by atoms with Crippen LogP contribution in [-0.2, 0) is 11.2 Å². The number of nitrogens with one attached hydrogen (secondary N) is 2. The van der Waals surface area contributed by atoms with Crippen LogP contribution in [0.3, 0.4) is 0 Å². The van der Waals surface area contributed by atoms with Gasteiger partial charge in [0.25, 0.3) is 5.91 Å². The number of carbonyl (C=O) groups is 1. The zero-order valence-corrected chi connectivity index (χ0v) is 15.4. The largest absolute Gasteiger partial charge is 0.379 e. The molecule has 26 heavy (non-hydrogen) atoms. The average Bonchev–Trinajstić information content (AvgIpc) is 3.36. The van der Waals surface area contributed by atoms with Crippen molar-refractivity contribution in [1.29, 1.82) is 0 Å². The molecule has 0 aromatic carbocycles. The van der Waals surface area contributed by atoms with Crippen molar-refractivity contribution in [3.63, 3.8) is 0 Å². The molecule has 2 atom stereocenters. The summed E-state index contributed by atoms with van der Waals surface area (Å²) in [7, 11) is 0. The van der Waals surface area contributed by atoms with Gasteiger partial charge < -0.3 is 14.6 Å². The predicted octanol–water partition coefficient (Wildman–Crippen LogP) is 2.73. The summed E-state index contributed by atoms with van der Waals surface area (Å²) in [5, 5.41) is 14.0. The molecule has 0 radical (unpaired) electrons. The minimum absolute atomic E-state index is 0.0722. The van der Waals surface area contributed by atoms with E-state index < -0.39 is 0 Å². The van der Waals surface area contributed by atoms with Crippen molar-refractivity contribution in [1.82, 2.24) is 20.7 Å². The minimum Gasteiger partial charge on any atom is -0.379 e. The molecular formula is C18H20N4O3S. The molecule has 1 amide bonds. The van der Waals surface area contributed by atoms with E-state index in [0.29, 0.717) is 25.3 Å². The molecule has 3 aromatic heterocycles. The molecule has 0 unspecified atom stereocenters. The summed E-state index contributed by atoms with van der Waals surface area (Å²) in [5.41, 5.74) is 2.09. The van der Waals surface area contributed by atoms with Crippen LogP contribution in [0.4, 0.5) is 0 Å². The lowest BCUT2D eigenvalue weighted by molar-refractivity contribution is 0.0919. The lowest BCUT2D eigenvalue weighted by Crippen LogP contribution is -2.40. The first-order valence-corrected chi connectivity index (χ1v) is 9.33. The number of nitrogens with zero attached hydrogens (tertiary/aromatic N) is 2. The smallest absolute Gasteiger partial charge is 0.272 e. The fourth-order valence-corrected chi connectivity index (χ4v) is 3.95. The maximum Gasteiger partial charge on any atom is 0.272 e. The topological polar surface area (TPSA) is 93.0 Å². The molecule has 136 valence electrons. The van der Waals surface area contributed by atoms with Gasteiger partial charge in [-0.2, -0.15) is 5.10 Å². The van der Waals surface area contributed by atoms with E-state index in [9.17, 15) is 4.79 Å². The maximum atomic E-state index is 12.6. The Bertz CT molecular complexity index is 913. The lowest BCUT2D eigenvalue weighted by atomic mass is 9.98. The van der Waals surface area contributed by atoms with E-state index in [-0.39, 0.29) is 17.9 Å². The zero-order chi connectivity index (χ0) is 18.1. The number of carbonyl (C=O) groups excluding carboxylic acids is 1. The Balaban J connectivity index is 1.41. The number of aryl methyl sites for hydroxylation is 2. The Morgan fingerprint density at radius 1 is 1.35 bits per heavy atom. The van der Waals surface area contributed by atoms with E-state index in [1.54, 1.807) is 17.4 Å². The van der Waals surface area contributed by atoms with Crippen molar-refractivity contribution in [2.75, 3.05) is 13.2 Å². The van der Waals surface area contributed by atoms with Crippen molar-refractivity contribution in [3.8, 4) is 10.6 Å². The normalized spacial score (nSPS) is 19.8. The van der Waals surface area contributed by atoms with E-state index in [0.717, 1.165) is 22.0 Å². The van der Waals surface area contributed by atoms with Gasteiger partial charge in [-0.1, -0.05) is 5.16 Å². The van der Waals surface area contributed by atoms with Crippen LogP contribution in [0.5, 0.6) is 0 Å². The summed E-state index contributed by atoms with van der Waals surface area (Å²) >= 11 is 1.66. The van der Waals surface area contributed by atoms with Gasteiger partial charge in [0, 0.05) is 23.3 Å². The molecule has 4 rings (SSSR count). The fourth-order valence-electron chi connectivity index (χ4n) is 3.12. The molecule has 3 aromatic rings. The lowest BCUT2D eigenvalue weighted by Gasteiger charge is -2.17. The molecule has 1 aliphatic heterocycles. The number of amides is 1. The highest BCUT2D eigenvalue weighted by atomic mass is 32.1.